The van der Waals surface area contributed by atoms with Gasteiger partial charge in [-0.15, -0.1) is 0 Å². The van der Waals surface area contributed by atoms with Crippen LogP contribution in [0.5, 0.6) is 0 Å². The number of hydrogen-bond acceptors (Lipinski definition) is 0. The van der Waals surface area contributed by atoms with Gasteiger partial charge in [0.05, 0.1) is 8.80 Å². The van der Waals surface area contributed by atoms with Crippen LogP contribution >= 0.6 is 0 Å². The van der Waals surface area contributed by atoms with Crippen LogP contribution in [0.3, 0.4) is 0 Å². The Balaban J connectivity index is 7.23. The van der Waals surface area contributed by atoms with Crippen molar-refractivity contribution in [1.29, 1.82) is 0 Å². The van der Waals surface area contributed by atoms with E-state index in [1.807, 2.05) is 0 Å². The Kier molecular flexibility index (Phi) is 22.1. The van der Waals surface area contributed by atoms with Crippen molar-refractivity contribution in [2.75, 3.05) is 0 Å². The third-order valence-electron chi connectivity index (χ3n) is 10.9. The van der Waals surface area contributed by atoms with Crippen LogP contribution in [0, 0.1) is 0 Å². The average molecular weight is 537 g/mol. The molecule has 224 valence electrons. The Morgan fingerprint density at radius 1 is 0.297 bits per heavy atom. The van der Waals surface area contributed by atoms with Gasteiger partial charge < -0.3 is 0 Å². The molecule has 3 unspecified atom stereocenters. The zero-order valence-corrected chi connectivity index (χ0v) is 29.2. The predicted octanol–water partition coefficient (Wildman–Crippen LogP) is 14.0. The SMILES string of the molecule is CCCCCC(CC)(CCCC)[SiH](C(CC)(CCCC)CCCCC)C(CC)(CCCC)CCCCC. The van der Waals surface area contributed by atoms with E-state index >= 15 is 0 Å². The molecule has 0 rings (SSSR count). The summed E-state index contributed by atoms with van der Waals surface area (Å²) in [5, 5.41) is 1.99. The molecule has 0 aliphatic heterocycles. The molecule has 1 heteroatoms. The fourth-order valence-corrected chi connectivity index (χ4v) is 16.7. The molecule has 0 aromatic carbocycles. The van der Waals surface area contributed by atoms with Crippen LogP contribution in [0.25, 0.3) is 0 Å². The Hall–Kier alpha value is 0.217. The van der Waals surface area contributed by atoms with Crippen LogP contribution in [-0.2, 0) is 0 Å². The molecule has 37 heavy (non-hydrogen) atoms. The fraction of sp³-hybridized carbons (Fsp3) is 1.00. The normalized spacial score (nSPS) is 17.8. The number of unbranched alkanes of at least 4 members (excludes halogenated alkanes) is 9. The largest absolute Gasteiger partial charge is 0.0654 e. The first-order valence-corrected chi connectivity index (χ1v) is 19.6. The highest BCUT2D eigenvalue weighted by Gasteiger charge is 2.57. The molecule has 3 atom stereocenters. The van der Waals surface area contributed by atoms with Crippen molar-refractivity contribution in [2.24, 2.45) is 0 Å². The van der Waals surface area contributed by atoms with Crippen LogP contribution in [0.4, 0.5) is 0 Å². The standard InChI is InChI=1S/C36H76Si/c1-10-19-25-31-34(16-7,28-22-13-4)37(35(17-8,29-23-14-5)32-26-20-11-2)36(18-9,30-24-15-6)33-27-21-12-3/h37H,10-33H2,1-9H3. The second-order valence-corrected chi connectivity index (χ2v) is 17.8. The summed E-state index contributed by atoms with van der Waals surface area (Å²) in [5.41, 5.74) is 0. The van der Waals surface area contributed by atoms with Gasteiger partial charge in [-0.2, -0.15) is 0 Å². The quantitative estimate of drug-likeness (QED) is 0.0723. The molecule has 0 saturated carbocycles. The zero-order valence-electron chi connectivity index (χ0n) is 28.0. The van der Waals surface area contributed by atoms with Gasteiger partial charge in [-0.05, 0) is 15.1 Å². The summed E-state index contributed by atoms with van der Waals surface area (Å²) in [5.74, 6) is 0. The zero-order chi connectivity index (χ0) is 28.0. The molecule has 0 nitrogen and oxygen atoms in total. The topological polar surface area (TPSA) is 0 Å². The highest BCUT2D eigenvalue weighted by molar-refractivity contribution is 6.69. The van der Waals surface area contributed by atoms with E-state index < -0.39 is 8.80 Å². The molecule has 0 heterocycles. The fourth-order valence-electron chi connectivity index (χ4n) is 8.63. The van der Waals surface area contributed by atoms with E-state index in [0.717, 1.165) is 0 Å². The number of rotatable bonds is 27. The maximum Gasteiger partial charge on any atom is 0.0556 e. The van der Waals surface area contributed by atoms with Crippen LogP contribution in [0.1, 0.15) is 216 Å². The van der Waals surface area contributed by atoms with Crippen molar-refractivity contribution in [3.63, 3.8) is 0 Å². The summed E-state index contributed by atoms with van der Waals surface area (Å²) in [6.45, 7) is 22.6. The van der Waals surface area contributed by atoms with Gasteiger partial charge in [-0.1, -0.05) is 216 Å². The van der Waals surface area contributed by atoms with Gasteiger partial charge in [0.25, 0.3) is 0 Å². The highest BCUT2D eigenvalue weighted by Crippen LogP contribution is 2.68. The molecule has 0 aliphatic rings. The van der Waals surface area contributed by atoms with E-state index in [1.165, 1.54) is 116 Å². The average Bonchev–Trinajstić information content (AvgIpc) is 2.92. The minimum Gasteiger partial charge on any atom is -0.0654 e. The van der Waals surface area contributed by atoms with Crippen molar-refractivity contribution in [1.82, 2.24) is 0 Å². The van der Waals surface area contributed by atoms with Crippen LogP contribution < -0.4 is 0 Å². The molecular formula is C36H76Si. The molecule has 0 N–H and O–H groups in total. The second kappa shape index (κ2) is 22.0. The van der Waals surface area contributed by atoms with E-state index in [-0.39, 0.29) is 0 Å². The lowest BCUT2D eigenvalue weighted by Gasteiger charge is -2.60. The maximum absolute atomic E-state index is 2.65. The first kappa shape index (κ1) is 37.2. The first-order valence-electron chi connectivity index (χ1n) is 17.9. The van der Waals surface area contributed by atoms with Gasteiger partial charge in [0.2, 0.25) is 0 Å². The monoisotopic (exact) mass is 537 g/mol. The van der Waals surface area contributed by atoms with Gasteiger partial charge in [-0.25, -0.2) is 0 Å². The smallest absolute Gasteiger partial charge is 0.0556 e. The molecule has 0 saturated heterocycles. The van der Waals surface area contributed by atoms with Gasteiger partial charge >= 0.3 is 0 Å². The van der Waals surface area contributed by atoms with Crippen LogP contribution in [-0.4, -0.2) is 8.80 Å². The van der Waals surface area contributed by atoms with E-state index in [4.69, 9.17) is 0 Å². The first-order chi connectivity index (χ1) is 17.9. The second-order valence-electron chi connectivity index (χ2n) is 13.3. The molecule has 0 bridgehead atoms. The highest BCUT2D eigenvalue weighted by atomic mass is 28.3. The van der Waals surface area contributed by atoms with Gasteiger partial charge in [-0.3, -0.25) is 0 Å². The predicted molar refractivity (Wildman–Crippen MR) is 177 cm³/mol. The summed E-state index contributed by atoms with van der Waals surface area (Å²) in [6, 6.07) is 0. The maximum atomic E-state index is 2.65. The van der Waals surface area contributed by atoms with Crippen molar-refractivity contribution >= 4 is 8.80 Å². The molecule has 0 fully saturated rings. The molecular weight excluding hydrogens is 460 g/mol. The molecule has 0 spiro atoms. The molecule has 0 amide bonds. The van der Waals surface area contributed by atoms with Crippen molar-refractivity contribution in [3.8, 4) is 0 Å². The molecule has 0 aliphatic carbocycles. The summed E-state index contributed by atoms with van der Waals surface area (Å²) in [7, 11) is -1.21. The van der Waals surface area contributed by atoms with Crippen molar-refractivity contribution in [2.45, 2.75) is 232 Å². The lowest BCUT2D eigenvalue weighted by atomic mass is 9.88. The van der Waals surface area contributed by atoms with Gasteiger partial charge in [0.15, 0.2) is 0 Å². The lowest BCUT2D eigenvalue weighted by Crippen LogP contribution is -2.52. The summed E-state index contributed by atoms with van der Waals surface area (Å²) < 4.78 is 0. The minimum absolute atomic E-state index is 0.664. The Bertz CT molecular complexity index is 430. The summed E-state index contributed by atoms with van der Waals surface area (Å²) >= 11 is 0. The summed E-state index contributed by atoms with van der Waals surface area (Å²) in [6.07, 6.45) is 35.2. The Morgan fingerprint density at radius 3 is 0.703 bits per heavy atom. The lowest BCUT2D eigenvalue weighted by molar-refractivity contribution is 0.304. The van der Waals surface area contributed by atoms with Crippen molar-refractivity contribution in [3.05, 3.63) is 0 Å². The van der Waals surface area contributed by atoms with E-state index in [1.54, 1.807) is 38.5 Å². The van der Waals surface area contributed by atoms with E-state index in [9.17, 15) is 0 Å². The minimum atomic E-state index is -1.21. The third-order valence-corrected chi connectivity index (χ3v) is 17.5. The molecule has 0 radical (unpaired) electrons. The Morgan fingerprint density at radius 2 is 0.514 bits per heavy atom. The van der Waals surface area contributed by atoms with Crippen molar-refractivity contribution < 1.29 is 0 Å². The summed E-state index contributed by atoms with van der Waals surface area (Å²) in [4.78, 5) is 0. The third kappa shape index (κ3) is 11.7. The Labute approximate surface area is 239 Å². The van der Waals surface area contributed by atoms with E-state index in [0.29, 0.717) is 15.1 Å². The molecule has 0 aromatic heterocycles. The van der Waals surface area contributed by atoms with Crippen LogP contribution in [0.2, 0.25) is 15.1 Å². The molecule has 0 aromatic rings. The van der Waals surface area contributed by atoms with Crippen LogP contribution in [0.15, 0.2) is 0 Å². The number of hydrogen-bond donors (Lipinski definition) is 0. The van der Waals surface area contributed by atoms with Gasteiger partial charge in [0.1, 0.15) is 0 Å². The van der Waals surface area contributed by atoms with E-state index in [2.05, 4.69) is 62.3 Å². The van der Waals surface area contributed by atoms with Gasteiger partial charge in [0, 0.05) is 0 Å².